The summed E-state index contributed by atoms with van der Waals surface area (Å²) in [6.45, 7) is 5.40. The molecular weight excluding hydrogens is 555 g/mol. The molecule has 0 aliphatic heterocycles. The van der Waals surface area contributed by atoms with Gasteiger partial charge in [0.15, 0.2) is 11.9 Å². The summed E-state index contributed by atoms with van der Waals surface area (Å²) in [4.78, 5) is 31.0. The van der Waals surface area contributed by atoms with E-state index < -0.39 is 23.6 Å². The number of halogens is 3. The number of carbonyl (C=O) groups is 2. The Balaban J connectivity index is 1.60. The molecule has 1 amide bonds. The van der Waals surface area contributed by atoms with Crippen LogP contribution in [0.3, 0.4) is 0 Å². The van der Waals surface area contributed by atoms with Crippen molar-refractivity contribution in [1.29, 1.82) is 0 Å². The average Bonchev–Trinajstić information content (AvgIpc) is 2.92. The van der Waals surface area contributed by atoms with Gasteiger partial charge in [-0.15, -0.1) is 0 Å². The molecule has 0 spiro atoms. The Morgan fingerprint density at radius 3 is 2.48 bits per heavy atom. The summed E-state index contributed by atoms with van der Waals surface area (Å²) in [5, 5.41) is 21.4. The van der Waals surface area contributed by atoms with Crippen LogP contribution in [0, 0.1) is 17.0 Å². The van der Waals surface area contributed by atoms with E-state index in [1.54, 1.807) is 13.8 Å². The summed E-state index contributed by atoms with van der Waals surface area (Å²) in [6, 6.07) is 7.16. The molecule has 9 nitrogen and oxygen atoms in total. The maximum absolute atomic E-state index is 14.0. The van der Waals surface area contributed by atoms with Gasteiger partial charge in [0.25, 0.3) is 0 Å². The molecule has 1 aromatic carbocycles. The van der Waals surface area contributed by atoms with Crippen molar-refractivity contribution in [1.82, 2.24) is 4.98 Å². The predicted octanol–water partition coefficient (Wildman–Crippen LogP) is 6.37. The van der Waals surface area contributed by atoms with Crippen molar-refractivity contribution < 1.29 is 42.1 Å². The average molecular weight is 588 g/mol. The van der Waals surface area contributed by atoms with E-state index >= 15 is 0 Å². The smallest absolute Gasteiger partial charge is 0.421 e. The lowest BCUT2D eigenvalue weighted by atomic mass is 9.82. The lowest BCUT2D eigenvalue weighted by Crippen LogP contribution is -2.42. The van der Waals surface area contributed by atoms with Crippen LogP contribution in [-0.2, 0) is 17.6 Å². The fraction of sp³-hybridized carbons (Fsp3) is 0.400. The van der Waals surface area contributed by atoms with Gasteiger partial charge in [-0.25, -0.2) is 9.78 Å². The molecule has 12 heteroatoms. The van der Waals surface area contributed by atoms with Crippen molar-refractivity contribution in [3.8, 4) is 17.4 Å². The Labute approximate surface area is 241 Å². The molecule has 1 aliphatic rings. The van der Waals surface area contributed by atoms with Crippen LogP contribution >= 0.6 is 0 Å². The molecule has 1 saturated carbocycles. The number of carboxylic acid groups (broad SMARTS) is 1. The summed E-state index contributed by atoms with van der Waals surface area (Å²) >= 11 is 0. The normalized spacial score (nSPS) is 17.1. The van der Waals surface area contributed by atoms with Crippen molar-refractivity contribution in [3.63, 3.8) is 0 Å². The zero-order valence-electron chi connectivity index (χ0n) is 23.4. The molecule has 42 heavy (non-hydrogen) atoms. The Morgan fingerprint density at radius 1 is 1.14 bits per heavy atom. The maximum atomic E-state index is 14.0. The molecule has 0 bridgehead atoms. The Morgan fingerprint density at radius 2 is 1.86 bits per heavy atom. The first kappa shape index (κ1) is 30.6. The highest BCUT2D eigenvalue weighted by molar-refractivity contribution is 6.03. The van der Waals surface area contributed by atoms with Crippen molar-refractivity contribution in [2.24, 2.45) is 11.8 Å². The number of rotatable bonds is 9. The van der Waals surface area contributed by atoms with Crippen LogP contribution in [0.2, 0.25) is 0 Å². The van der Waals surface area contributed by atoms with Gasteiger partial charge in [0.1, 0.15) is 17.9 Å². The number of aromatic carboxylic acids is 1. The summed E-state index contributed by atoms with van der Waals surface area (Å²) in [5.41, 5.74) is -1.26. The molecule has 0 saturated heterocycles. The molecule has 224 valence electrons. The third-order valence-electron chi connectivity index (χ3n) is 7.16. The molecular formula is C30H32F3N3O6. The van der Waals surface area contributed by atoms with E-state index in [9.17, 15) is 33.1 Å². The molecule has 1 aliphatic carbocycles. The topological polar surface area (TPSA) is 116 Å². The highest BCUT2D eigenvalue weighted by Crippen LogP contribution is 2.39. The molecule has 3 aromatic rings. The first-order valence-electron chi connectivity index (χ1n) is 13.6. The Hall–Kier alpha value is -4.35. The second kappa shape index (κ2) is 12.7. The highest BCUT2D eigenvalue weighted by Gasteiger charge is 2.37. The molecule has 0 radical (unpaired) electrons. The molecule has 1 fully saturated rings. The number of nitrogens with zero attached hydrogens (tertiary/aromatic N) is 3. The number of anilines is 1. The molecule has 4 rings (SSSR count). The lowest BCUT2D eigenvalue weighted by Gasteiger charge is -2.34. The van der Waals surface area contributed by atoms with E-state index in [1.165, 1.54) is 35.4 Å². The number of benzene rings is 1. The number of carboxylic acids is 1. The van der Waals surface area contributed by atoms with Gasteiger partial charge in [0.2, 0.25) is 18.0 Å². The molecule has 1 N–H and O–H groups in total. The Kier molecular flexibility index (Phi) is 9.23. The number of hydrogen-bond acceptors (Lipinski definition) is 6. The van der Waals surface area contributed by atoms with Gasteiger partial charge in [-0.3, -0.25) is 4.79 Å². The number of alkyl halides is 3. The predicted molar refractivity (Wildman–Crippen MR) is 146 cm³/mol. The fourth-order valence-electron chi connectivity index (χ4n) is 4.97. The standard InChI is InChI=1S/C30H32F3N3O6/c1-18(2)36(28(37)21-8-6-19(3)7-9-21)26-11-10-22(14-24(26)29(38)39)42-27-25(30(31,32)33)13-20(15-34-27)17-41-23-5-4-12-35(40)16-23/h4-5,10-16,18-19,21H,6-9,17H2,1-3H3,(H,38,39). The number of ether oxygens (including phenoxy) is 2. The third-order valence-corrected chi connectivity index (χ3v) is 7.16. The van der Waals surface area contributed by atoms with Gasteiger partial charge < -0.3 is 24.7 Å². The zero-order chi connectivity index (χ0) is 30.6. The number of carbonyl (C=O) groups excluding carboxylic acids is 1. The molecule has 2 aromatic heterocycles. The molecule has 0 unspecified atom stereocenters. The van der Waals surface area contributed by atoms with Crippen molar-refractivity contribution >= 4 is 17.6 Å². The van der Waals surface area contributed by atoms with Gasteiger partial charge in [0, 0.05) is 29.8 Å². The summed E-state index contributed by atoms with van der Waals surface area (Å²) in [5.74, 6) is -2.04. The van der Waals surface area contributed by atoms with Gasteiger partial charge in [-0.1, -0.05) is 6.92 Å². The summed E-state index contributed by atoms with van der Waals surface area (Å²) in [6.07, 6.45) is 1.89. The van der Waals surface area contributed by atoms with Crippen molar-refractivity contribution in [3.05, 3.63) is 76.9 Å². The van der Waals surface area contributed by atoms with Crippen LogP contribution in [0.5, 0.6) is 17.4 Å². The minimum absolute atomic E-state index is 0.0701. The summed E-state index contributed by atoms with van der Waals surface area (Å²) < 4.78 is 53.2. The largest absolute Gasteiger partial charge is 0.619 e. The van der Waals surface area contributed by atoms with E-state index in [-0.39, 0.29) is 52.8 Å². The molecule has 2 heterocycles. The van der Waals surface area contributed by atoms with Crippen LogP contribution in [0.4, 0.5) is 18.9 Å². The highest BCUT2D eigenvalue weighted by atomic mass is 19.4. The van der Waals surface area contributed by atoms with E-state index in [4.69, 9.17) is 9.47 Å². The van der Waals surface area contributed by atoms with Gasteiger partial charge in [-0.05, 0) is 75.8 Å². The zero-order valence-corrected chi connectivity index (χ0v) is 23.4. The van der Waals surface area contributed by atoms with Gasteiger partial charge >= 0.3 is 12.1 Å². The quantitative estimate of drug-likeness (QED) is 0.228. The number of aromatic nitrogens is 2. The van der Waals surface area contributed by atoms with Crippen LogP contribution in [0.25, 0.3) is 0 Å². The fourth-order valence-corrected chi connectivity index (χ4v) is 4.97. The van der Waals surface area contributed by atoms with Crippen LogP contribution < -0.4 is 19.1 Å². The second-order valence-corrected chi connectivity index (χ2v) is 10.7. The van der Waals surface area contributed by atoms with Crippen LogP contribution in [0.15, 0.2) is 55.0 Å². The maximum Gasteiger partial charge on any atom is 0.421 e. The van der Waals surface area contributed by atoms with E-state index in [0.717, 1.165) is 37.4 Å². The van der Waals surface area contributed by atoms with Gasteiger partial charge in [0.05, 0.1) is 11.3 Å². The minimum Gasteiger partial charge on any atom is -0.619 e. The Bertz CT molecular complexity index is 1440. The number of pyridine rings is 2. The first-order chi connectivity index (χ1) is 19.8. The number of amides is 1. The van der Waals surface area contributed by atoms with Gasteiger partial charge in [-0.2, -0.15) is 17.9 Å². The van der Waals surface area contributed by atoms with E-state index in [0.29, 0.717) is 23.5 Å². The summed E-state index contributed by atoms with van der Waals surface area (Å²) in [7, 11) is 0. The SMILES string of the molecule is CC1CCC(C(=O)N(c2ccc(Oc3ncc(COc4ccc[n+]([O-])c4)cc3C(F)(F)F)cc2C(=O)O)C(C)C)CC1. The monoisotopic (exact) mass is 587 g/mol. The van der Waals surface area contributed by atoms with E-state index in [2.05, 4.69) is 11.9 Å². The second-order valence-electron chi connectivity index (χ2n) is 10.7. The lowest BCUT2D eigenvalue weighted by molar-refractivity contribution is -0.605. The molecule has 0 atom stereocenters. The first-order valence-corrected chi connectivity index (χ1v) is 13.6. The third kappa shape index (κ3) is 7.29. The van der Waals surface area contributed by atoms with Crippen LogP contribution in [-0.4, -0.2) is 28.0 Å². The minimum atomic E-state index is -4.85. The van der Waals surface area contributed by atoms with E-state index in [1.807, 2.05) is 0 Å². The van der Waals surface area contributed by atoms with Crippen molar-refractivity contribution in [2.45, 2.75) is 65.3 Å². The number of hydrogen-bond donors (Lipinski definition) is 1. The van der Waals surface area contributed by atoms with Crippen molar-refractivity contribution in [2.75, 3.05) is 4.90 Å². The van der Waals surface area contributed by atoms with Crippen LogP contribution in [0.1, 0.15) is 67.9 Å².